The number of anilines is 2. The van der Waals surface area contributed by atoms with E-state index in [1.165, 1.54) is 11.3 Å². The number of sulfonamides is 1. The molecule has 1 aliphatic rings. The highest BCUT2D eigenvalue weighted by molar-refractivity contribution is 7.93. The SMILES string of the molecule is Cc1cc(S(=O)(=O)Nc2ccc3c(c2)CCN3)c(C)s1. The van der Waals surface area contributed by atoms with Crippen molar-refractivity contribution in [1.29, 1.82) is 0 Å². The fraction of sp³-hybridized carbons (Fsp3) is 0.286. The summed E-state index contributed by atoms with van der Waals surface area (Å²) < 4.78 is 27.5. The van der Waals surface area contributed by atoms with Crippen LogP contribution in [0.2, 0.25) is 0 Å². The molecule has 106 valence electrons. The Morgan fingerprint density at radius 2 is 2.05 bits per heavy atom. The Morgan fingerprint density at radius 1 is 1.25 bits per heavy atom. The molecule has 2 N–H and O–H groups in total. The Hall–Kier alpha value is -1.53. The van der Waals surface area contributed by atoms with E-state index in [4.69, 9.17) is 0 Å². The summed E-state index contributed by atoms with van der Waals surface area (Å²) in [6.07, 6.45) is 0.932. The second kappa shape index (κ2) is 4.79. The van der Waals surface area contributed by atoms with Gasteiger partial charge >= 0.3 is 0 Å². The molecule has 0 fully saturated rings. The van der Waals surface area contributed by atoms with Gasteiger partial charge in [0.2, 0.25) is 0 Å². The van der Waals surface area contributed by atoms with Gasteiger partial charge in [0.25, 0.3) is 10.0 Å². The number of hydrogen-bond donors (Lipinski definition) is 2. The molecule has 0 spiro atoms. The number of nitrogens with one attached hydrogen (secondary N) is 2. The maximum Gasteiger partial charge on any atom is 0.262 e. The smallest absolute Gasteiger partial charge is 0.262 e. The maximum absolute atomic E-state index is 12.4. The van der Waals surface area contributed by atoms with E-state index in [1.54, 1.807) is 12.1 Å². The first-order valence-corrected chi connectivity index (χ1v) is 8.72. The van der Waals surface area contributed by atoms with Crippen LogP contribution in [-0.2, 0) is 16.4 Å². The molecule has 20 heavy (non-hydrogen) atoms. The zero-order chi connectivity index (χ0) is 14.3. The number of hydrogen-bond acceptors (Lipinski definition) is 4. The minimum Gasteiger partial charge on any atom is -0.384 e. The number of fused-ring (bicyclic) bond motifs is 1. The van der Waals surface area contributed by atoms with Crippen molar-refractivity contribution in [2.45, 2.75) is 25.2 Å². The van der Waals surface area contributed by atoms with E-state index in [2.05, 4.69) is 10.0 Å². The number of thiophene rings is 1. The summed E-state index contributed by atoms with van der Waals surface area (Å²) in [5.41, 5.74) is 2.87. The minimum atomic E-state index is -3.50. The summed E-state index contributed by atoms with van der Waals surface area (Å²) in [6, 6.07) is 7.34. The van der Waals surface area contributed by atoms with E-state index in [-0.39, 0.29) is 0 Å². The lowest BCUT2D eigenvalue weighted by Gasteiger charge is -2.09. The fourth-order valence-electron chi connectivity index (χ4n) is 2.45. The third-order valence-corrected chi connectivity index (χ3v) is 5.95. The van der Waals surface area contributed by atoms with Gasteiger partial charge in [0.1, 0.15) is 4.90 Å². The summed E-state index contributed by atoms with van der Waals surface area (Å²) >= 11 is 1.50. The molecular formula is C14H16N2O2S2. The normalized spacial score (nSPS) is 13.9. The average Bonchev–Trinajstić information content (AvgIpc) is 2.94. The Bertz CT molecular complexity index is 763. The average molecular weight is 308 g/mol. The molecule has 0 bridgehead atoms. The van der Waals surface area contributed by atoms with Crippen LogP contribution >= 0.6 is 11.3 Å². The summed E-state index contributed by atoms with van der Waals surface area (Å²) in [4.78, 5) is 2.19. The maximum atomic E-state index is 12.4. The predicted octanol–water partition coefficient (Wildman–Crippen LogP) is 3.13. The monoisotopic (exact) mass is 308 g/mol. The van der Waals surface area contributed by atoms with E-state index in [1.807, 2.05) is 26.0 Å². The summed E-state index contributed by atoms with van der Waals surface area (Å²) in [5, 5.41) is 3.26. The topological polar surface area (TPSA) is 58.2 Å². The van der Waals surface area contributed by atoms with E-state index >= 15 is 0 Å². The molecule has 0 amide bonds. The summed E-state index contributed by atoms with van der Waals surface area (Å²) in [5.74, 6) is 0. The highest BCUT2D eigenvalue weighted by Crippen LogP contribution is 2.29. The van der Waals surface area contributed by atoms with E-state index in [0.29, 0.717) is 10.6 Å². The van der Waals surface area contributed by atoms with Crippen molar-refractivity contribution in [3.05, 3.63) is 39.6 Å². The summed E-state index contributed by atoms with van der Waals surface area (Å²) in [6.45, 7) is 4.66. The number of aryl methyl sites for hydroxylation is 2. The molecule has 2 aromatic rings. The van der Waals surface area contributed by atoms with Crippen molar-refractivity contribution < 1.29 is 8.42 Å². The first-order valence-electron chi connectivity index (χ1n) is 6.42. The molecule has 6 heteroatoms. The Labute approximate surface area is 122 Å². The first kappa shape index (κ1) is 13.5. The molecule has 0 saturated heterocycles. The largest absolute Gasteiger partial charge is 0.384 e. The van der Waals surface area contributed by atoms with E-state index in [0.717, 1.165) is 34.0 Å². The lowest BCUT2D eigenvalue weighted by Crippen LogP contribution is -2.13. The van der Waals surface area contributed by atoms with Crippen molar-refractivity contribution >= 4 is 32.7 Å². The van der Waals surface area contributed by atoms with Gasteiger partial charge in [-0.1, -0.05) is 0 Å². The minimum absolute atomic E-state index is 0.374. The molecule has 0 radical (unpaired) electrons. The lowest BCUT2D eigenvalue weighted by molar-refractivity contribution is 0.601. The molecule has 3 rings (SSSR count). The molecule has 1 aliphatic heterocycles. The van der Waals surface area contributed by atoms with Crippen molar-refractivity contribution in [2.75, 3.05) is 16.6 Å². The van der Waals surface area contributed by atoms with Gasteiger partial charge < -0.3 is 5.32 Å². The highest BCUT2D eigenvalue weighted by atomic mass is 32.2. The van der Waals surface area contributed by atoms with Gasteiger partial charge in [0.05, 0.1) is 0 Å². The van der Waals surface area contributed by atoms with Crippen LogP contribution in [0.1, 0.15) is 15.3 Å². The Kier molecular flexibility index (Phi) is 3.22. The van der Waals surface area contributed by atoms with Crippen LogP contribution in [-0.4, -0.2) is 15.0 Å². The van der Waals surface area contributed by atoms with Gasteiger partial charge in [-0.15, -0.1) is 11.3 Å². The standard InChI is InChI=1S/C14H16N2O2S2/c1-9-7-14(10(2)19-9)20(17,18)16-12-3-4-13-11(8-12)5-6-15-13/h3-4,7-8,15-16H,5-6H2,1-2H3. The third kappa shape index (κ3) is 2.41. The van der Waals surface area contributed by atoms with Crippen LogP contribution in [0.15, 0.2) is 29.2 Å². The van der Waals surface area contributed by atoms with Gasteiger partial charge in [0.15, 0.2) is 0 Å². The first-order chi connectivity index (χ1) is 9.45. The second-order valence-corrected chi connectivity index (χ2v) is 8.04. The van der Waals surface area contributed by atoms with Crippen molar-refractivity contribution in [1.82, 2.24) is 0 Å². The molecule has 4 nitrogen and oxygen atoms in total. The molecular weight excluding hydrogens is 292 g/mol. The molecule has 0 aliphatic carbocycles. The van der Waals surface area contributed by atoms with Gasteiger partial charge in [-0.2, -0.15) is 0 Å². The third-order valence-electron chi connectivity index (χ3n) is 3.35. The Morgan fingerprint density at radius 3 is 2.75 bits per heavy atom. The van der Waals surface area contributed by atoms with Gasteiger partial charge in [-0.3, -0.25) is 4.72 Å². The zero-order valence-corrected chi connectivity index (χ0v) is 13.0. The quantitative estimate of drug-likeness (QED) is 0.916. The van der Waals surface area contributed by atoms with Crippen LogP contribution in [0.25, 0.3) is 0 Å². The summed E-state index contributed by atoms with van der Waals surface area (Å²) in [7, 11) is -3.50. The van der Waals surface area contributed by atoms with Crippen molar-refractivity contribution in [2.24, 2.45) is 0 Å². The fourth-order valence-corrected chi connectivity index (χ4v) is 5.06. The van der Waals surface area contributed by atoms with Crippen LogP contribution in [0.3, 0.4) is 0 Å². The molecule has 1 aromatic carbocycles. The Balaban J connectivity index is 1.92. The van der Waals surface area contributed by atoms with Crippen molar-refractivity contribution in [3.63, 3.8) is 0 Å². The molecule has 0 saturated carbocycles. The molecule has 0 atom stereocenters. The van der Waals surface area contributed by atoms with Crippen LogP contribution < -0.4 is 10.0 Å². The van der Waals surface area contributed by atoms with Crippen LogP contribution in [0.5, 0.6) is 0 Å². The second-order valence-electron chi connectivity index (χ2n) is 4.93. The lowest BCUT2D eigenvalue weighted by atomic mass is 10.1. The molecule has 2 heterocycles. The van der Waals surface area contributed by atoms with E-state index < -0.39 is 10.0 Å². The number of rotatable bonds is 3. The van der Waals surface area contributed by atoms with Gasteiger partial charge in [0, 0.05) is 27.7 Å². The predicted molar refractivity (Wildman–Crippen MR) is 83.2 cm³/mol. The zero-order valence-electron chi connectivity index (χ0n) is 11.4. The highest BCUT2D eigenvalue weighted by Gasteiger charge is 2.20. The van der Waals surface area contributed by atoms with Crippen LogP contribution in [0.4, 0.5) is 11.4 Å². The van der Waals surface area contributed by atoms with Crippen LogP contribution in [0, 0.1) is 13.8 Å². The van der Waals surface area contributed by atoms with E-state index in [9.17, 15) is 8.42 Å². The van der Waals surface area contributed by atoms with Gasteiger partial charge in [-0.25, -0.2) is 8.42 Å². The van der Waals surface area contributed by atoms with Crippen molar-refractivity contribution in [3.8, 4) is 0 Å². The molecule has 0 unspecified atom stereocenters. The molecule has 1 aromatic heterocycles. The van der Waals surface area contributed by atoms with Gasteiger partial charge in [-0.05, 0) is 50.1 Å². The number of benzene rings is 1.